The van der Waals surface area contributed by atoms with E-state index in [1.54, 1.807) is 14.0 Å². The van der Waals surface area contributed by atoms with Crippen molar-refractivity contribution in [3.05, 3.63) is 48.5 Å². The van der Waals surface area contributed by atoms with Crippen molar-refractivity contribution in [3.63, 3.8) is 0 Å². The Labute approximate surface area is 173 Å². The van der Waals surface area contributed by atoms with Crippen LogP contribution < -0.4 is 19.5 Å². The zero-order valence-corrected chi connectivity index (χ0v) is 17.9. The summed E-state index contributed by atoms with van der Waals surface area (Å²) in [6.07, 6.45) is 3.87. The molecule has 158 valence electrons. The second-order valence-electron chi connectivity index (χ2n) is 7.42. The van der Waals surface area contributed by atoms with Gasteiger partial charge in [0.25, 0.3) is 0 Å². The van der Waals surface area contributed by atoms with Crippen molar-refractivity contribution in [2.45, 2.75) is 38.6 Å². The largest absolute Gasteiger partial charge is 0.497 e. The van der Waals surface area contributed by atoms with Crippen molar-refractivity contribution in [2.24, 2.45) is 5.92 Å². The lowest BCUT2D eigenvalue weighted by atomic mass is 9.86. The number of nitrogens with one attached hydrogen (secondary N) is 2. The summed E-state index contributed by atoms with van der Waals surface area (Å²) in [5.74, 6) is 3.06. The van der Waals surface area contributed by atoms with Crippen LogP contribution in [0.1, 0.15) is 32.6 Å². The lowest BCUT2D eigenvalue weighted by molar-refractivity contribution is 0.324. The third kappa shape index (κ3) is 6.65. The normalized spacial score (nSPS) is 19.5. The molecule has 1 aliphatic rings. The van der Waals surface area contributed by atoms with E-state index in [-0.39, 0.29) is 11.8 Å². The fraction of sp³-hybridized carbons (Fsp3) is 0.455. The average Bonchev–Trinajstić information content (AvgIpc) is 2.74. The van der Waals surface area contributed by atoms with Gasteiger partial charge in [-0.25, -0.2) is 13.1 Å². The molecule has 0 heterocycles. The van der Waals surface area contributed by atoms with Crippen molar-refractivity contribution < 1.29 is 17.9 Å². The number of ether oxygens (including phenoxy) is 2. The van der Waals surface area contributed by atoms with Crippen LogP contribution >= 0.6 is 0 Å². The molecule has 0 spiro atoms. The predicted octanol–water partition coefficient (Wildman–Crippen LogP) is 4.40. The third-order valence-corrected chi connectivity index (χ3v) is 6.77. The summed E-state index contributed by atoms with van der Waals surface area (Å²) >= 11 is 0. The molecule has 0 saturated heterocycles. The van der Waals surface area contributed by atoms with Crippen LogP contribution in [-0.2, 0) is 10.0 Å². The molecule has 6 nitrogen and oxygen atoms in total. The molecule has 0 aliphatic heterocycles. The summed E-state index contributed by atoms with van der Waals surface area (Å²) in [6, 6.07) is 15.5. The lowest BCUT2D eigenvalue weighted by Crippen LogP contribution is -2.39. The fourth-order valence-corrected chi connectivity index (χ4v) is 4.41. The molecule has 0 aromatic heterocycles. The highest BCUT2D eigenvalue weighted by Gasteiger charge is 2.23. The van der Waals surface area contributed by atoms with Crippen molar-refractivity contribution >= 4 is 15.7 Å². The Bertz CT molecular complexity index is 859. The highest BCUT2D eigenvalue weighted by molar-refractivity contribution is 7.89. The van der Waals surface area contributed by atoms with Crippen LogP contribution in [0.5, 0.6) is 17.2 Å². The average molecular weight is 419 g/mol. The number of methoxy groups -OCH3 is 1. The van der Waals surface area contributed by atoms with Gasteiger partial charge in [0, 0.05) is 18.3 Å². The van der Waals surface area contributed by atoms with E-state index in [9.17, 15) is 8.42 Å². The van der Waals surface area contributed by atoms with Crippen molar-refractivity contribution in [1.82, 2.24) is 4.72 Å². The van der Waals surface area contributed by atoms with E-state index in [1.807, 2.05) is 48.5 Å². The first kappa shape index (κ1) is 21.5. The van der Waals surface area contributed by atoms with Crippen LogP contribution in [0.15, 0.2) is 48.5 Å². The van der Waals surface area contributed by atoms with E-state index in [0.717, 1.165) is 55.2 Å². The quantitative estimate of drug-likeness (QED) is 0.631. The molecule has 0 radical (unpaired) electrons. The second kappa shape index (κ2) is 9.98. The van der Waals surface area contributed by atoms with E-state index in [1.165, 1.54) is 0 Å². The van der Waals surface area contributed by atoms with Gasteiger partial charge in [-0.2, -0.15) is 0 Å². The van der Waals surface area contributed by atoms with Crippen molar-refractivity contribution in [2.75, 3.05) is 24.7 Å². The smallest absolute Gasteiger partial charge is 0.211 e. The van der Waals surface area contributed by atoms with E-state index >= 15 is 0 Å². The van der Waals surface area contributed by atoms with Gasteiger partial charge in [0.2, 0.25) is 10.0 Å². The molecule has 0 unspecified atom stereocenters. The van der Waals surface area contributed by atoms with Gasteiger partial charge in [-0.05, 0) is 87.1 Å². The van der Waals surface area contributed by atoms with Crippen LogP contribution in [0.3, 0.4) is 0 Å². The van der Waals surface area contributed by atoms with Gasteiger partial charge in [0.05, 0.1) is 12.9 Å². The molecule has 0 bridgehead atoms. The molecule has 0 atom stereocenters. The number of hydrogen-bond donors (Lipinski definition) is 2. The highest BCUT2D eigenvalue weighted by atomic mass is 32.2. The maximum Gasteiger partial charge on any atom is 0.211 e. The SMILES string of the molecule is CCS(=O)(=O)N[C@H]1CC[C@H](CNc2ccc(Oc3ccc(OC)cc3)cc2)CC1. The third-order valence-electron chi connectivity index (χ3n) is 5.32. The first-order valence-electron chi connectivity index (χ1n) is 10.1. The first-order valence-corrected chi connectivity index (χ1v) is 11.8. The molecule has 3 rings (SSSR count). The summed E-state index contributed by atoms with van der Waals surface area (Å²) in [5, 5.41) is 3.48. The van der Waals surface area contributed by atoms with Crippen LogP contribution in [0.2, 0.25) is 0 Å². The van der Waals surface area contributed by atoms with Gasteiger partial charge in [-0.15, -0.1) is 0 Å². The summed E-state index contributed by atoms with van der Waals surface area (Å²) in [5.41, 5.74) is 1.06. The Morgan fingerprint density at radius 2 is 1.45 bits per heavy atom. The maximum atomic E-state index is 11.7. The minimum Gasteiger partial charge on any atom is -0.497 e. The lowest BCUT2D eigenvalue weighted by Gasteiger charge is -2.29. The van der Waals surface area contributed by atoms with Gasteiger partial charge < -0.3 is 14.8 Å². The standard InChI is InChI=1S/C22H30N2O4S/c1-3-29(25,26)24-19-6-4-17(5-7-19)16-23-18-8-10-21(11-9-18)28-22-14-12-20(27-2)13-15-22/h8-15,17,19,23-24H,3-7,16H2,1-2H3/t17-,19-. The number of hydrogen-bond acceptors (Lipinski definition) is 5. The molecule has 0 amide bonds. The first-order chi connectivity index (χ1) is 14.0. The molecular weight excluding hydrogens is 388 g/mol. The molecule has 2 N–H and O–H groups in total. The van der Waals surface area contributed by atoms with Crippen LogP contribution in [0.4, 0.5) is 5.69 Å². The monoisotopic (exact) mass is 418 g/mol. The number of anilines is 1. The number of sulfonamides is 1. The molecule has 29 heavy (non-hydrogen) atoms. The Morgan fingerprint density at radius 3 is 2.00 bits per heavy atom. The number of rotatable bonds is 9. The summed E-state index contributed by atoms with van der Waals surface area (Å²) in [6.45, 7) is 2.57. The predicted molar refractivity (Wildman–Crippen MR) is 116 cm³/mol. The van der Waals surface area contributed by atoms with Gasteiger partial charge in [0.15, 0.2) is 0 Å². The van der Waals surface area contributed by atoms with Crippen molar-refractivity contribution in [3.8, 4) is 17.2 Å². The van der Waals surface area contributed by atoms with E-state index in [0.29, 0.717) is 5.92 Å². The Balaban J connectivity index is 1.42. The Kier molecular flexibility index (Phi) is 7.39. The van der Waals surface area contributed by atoms with Gasteiger partial charge in [-0.3, -0.25) is 0 Å². The molecule has 1 saturated carbocycles. The van der Waals surface area contributed by atoms with Gasteiger partial charge >= 0.3 is 0 Å². The molecule has 2 aromatic rings. The van der Waals surface area contributed by atoms with Gasteiger partial charge in [0.1, 0.15) is 17.2 Å². The fourth-order valence-electron chi connectivity index (χ4n) is 3.50. The maximum absolute atomic E-state index is 11.7. The summed E-state index contributed by atoms with van der Waals surface area (Å²) < 4.78 is 37.2. The minimum absolute atomic E-state index is 0.0885. The van der Waals surface area contributed by atoms with Crippen LogP contribution in [0, 0.1) is 5.92 Å². The molecule has 1 aliphatic carbocycles. The Hall–Kier alpha value is -2.25. The minimum atomic E-state index is -3.11. The molecule has 1 fully saturated rings. The van der Waals surface area contributed by atoms with E-state index in [4.69, 9.17) is 9.47 Å². The van der Waals surface area contributed by atoms with Gasteiger partial charge in [-0.1, -0.05) is 0 Å². The molecule has 7 heteroatoms. The zero-order valence-electron chi connectivity index (χ0n) is 17.1. The zero-order chi connectivity index (χ0) is 20.7. The van der Waals surface area contributed by atoms with Crippen molar-refractivity contribution in [1.29, 1.82) is 0 Å². The molecule has 2 aromatic carbocycles. The topological polar surface area (TPSA) is 76.7 Å². The van der Waals surface area contributed by atoms with Crippen LogP contribution in [-0.4, -0.2) is 33.9 Å². The summed E-state index contributed by atoms with van der Waals surface area (Å²) in [7, 11) is -1.47. The highest BCUT2D eigenvalue weighted by Crippen LogP contribution is 2.27. The van der Waals surface area contributed by atoms with Crippen LogP contribution in [0.25, 0.3) is 0 Å². The Morgan fingerprint density at radius 1 is 0.897 bits per heavy atom. The molecular formula is C22H30N2O4S. The summed E-state index contributed by atoms with van der Waals surface area (Å²) in [4.78, 5) is 0. The number of benzene rings is 2. The van der Waals surface area contributed by atoms with E-state index in [2.05, 4.69) is 10.0 Å². The second-order valence-corrected chi connectivity index (χ2v) is 9.46. The van der Waals surface area contributed by atoms with E-state index < -0.39 is 10.0 Å².